The van der Waals surface area contributed by atoms with E-state index in [1.807, 2.05) is 18.2 Å². The standard InChI is InChI=1S/C22H25N3O3S/c1-13-18-20(26)23-17(24-21(18)29-19(13)22(27)28-3)12-25(14(2)16-9-10-16)11-15-7-5-4-6-8-15/h4-8,14,16H,9-12H2,1-3H3,(H,23,24,26). The van der Waals surface area contributed by atoms with Crippen molar-refractivity contribution >= 4 is 27.5 Å². The number of fused-ring (bicyclic) bond motifs is 1. The normalized spacial score (nSPS) is 15.0. The first-order valence-corrected chi connectivity index (χ1v) is 10.7. The number of methoxy groups -OCH3 is 1. The maximum atomic E-state index is 12.7. The van der Waals surface area contributed by atoms with Gasteiger partial charge < -0.3 is 9.72 Å². The van der Waals surface area contributed by atoms with E-state index in [4.69, 9.17) is 9.72 Å². The first-order valence-electron chi connectivity index (χ1n) is 9.86. The van der Waals surface area contributed by atoms with Crippen LogP contribution in [0.1, 0.15) is 46.4 Å². The molecule has 2 aromatic heterocycles. The van der Waals surface area contributed by atoms with Gasteiger partial charge in [-0.1, -0.05) is 30.3 Å². The number of ether oxygens (including phenoxy) is 1. The van der Waals surface area contributed by atoms with Gasteiger partial charge in [-0.25, -0.2) is 9.78 Å². The first-order chi connectivity index (χ1) is 14.0. The Morgan fingerprint density at radius 3 is 2.69 bits per heavy atom. The lowest BCUT2D eigenvalue weighted by Gasteiger charge is -2.28. The fourth-order valence-corrected chi connectivity index (χ4v) is 4.90. The van der Waals surface area contributed by atoms with Crippen molar-refractivity contribution in [2.24, 2.45) is 5.92 Å². The lowest BCUT2D eigenvalue weighted by Crippen LogP contribution is -2.34. The number of aryl methyl sites for hydroxylation is 1. The van der Waals surface area contributed by atoms with Crippen LogP contribution in [0.25, 0.3) is 10.2 Å². The van der Waals surface area contributed by atoms with Gasteiger partial charge >= 0.3 is 5.97 Å². The van der Waals surface area contributed by atoms with Crippen molar-refractivity contribution in [3.63, 3.8) is 0 Å². The summed E-state index contributed by atoms with van der Waals surface area (Å²) in [4.78, 5) is 35.8. The SMILES string of the molecule is COC(=O)c1sc2nc(CN(Cc3ccccc3)C(C)C3CC3)[nH]c(=O)c2c1C. The lowest BCUT2D eigenvalue weighted by atomic mass is 10.1. The molecule has 1 unspecified atom stereocenters. The molecule has 0 amide bonds. The van der Waals surface area contributed by atoms with Crippen LogP contribution in [0.4, 0.5) is 0 Å². The molecular formula is C22H25N3O3S. The monoisotopic (exact) mass is 411 g/mol. The summed E-state index contributed by atoms with van der Waals surface area (Å²) in [6, 6.07) is 10.8. The molecule has 0 radical (unpaired) electrons. The molecule has 0 spiro atoms. The van der Waals surface area contributed by atoms with E-state index in [1.54, 1.807) is 6.92 Å². The van der Waals surface area contributed by atoms with Gasteiger partial charge in [0.1, 0.15) is 15.5 Å². The summed E-state index contributed by atoms with van der Waals surface area (Å²) in [5, 5.41) is 0.476. The molecule has 1 aromatic carbocycles. The molecule has 3 aromatic rings. The van der Waals surface area contributed by atoms with Crippen LogP contribution in [0.15, 0.2) is 35.1 Å². The summed E-state index contributed by atoms with van der Waals surface area (Å²) < 4.78 is 4.84. The number of nitrogens with one attached hydrogen (secondary N) is 1. The van der Waals surface area contributed by atoms with E-state index in [1.165, 1.54) is 36.9 Å². The fraction of sp³-hybridized carbons (Fsp3) is 0.409. The predicted octanol–water partition coefficient (Wildman–Crippen LogP) is 3.88. The minimum Gasteiger partial charge on any atom is -0.465 e. The zero-order chi connectivity index (χ0) is 20.5. The summed E-state index contributed by atoms with van der Waals surface area (Å²) in [5.41, 5.74) is 1.67. The number of esters is 1. The summed E-state index contributed by atoms with van der Waals surface area (Å²) in [6.45, 7) is 5.37. The summed E-state index contributed by atoms with van der Waals surface area (Å²) in [6.07, 6.45) is 2.50. The quantitative estimate of drug-likeness (QED) is 0.597. The number of rotatable bonds is 7. The van der Waals surface area contributed by atoms with E-state index in [0.29, 0.717) is 45.0 Å². The first kappa shape index (κ1) is 19.8. The van der Waals surface area contributed by atoms with Crippen molar-refractivity contribution in [1.82, 2.24) is 14.9 Å². The van der Waals surface area contributed by atoms with Gasteiger partial charge in [0.05, 0.1) is 19.0 Å². The summed E-state index contributed by atoms with van der Waals surface area (Å²) in [7, 11) is 1.34. The van der Waals surface area contributed by atoms with Crippen molar-refractivity contribution in [3.8, 4) is 0 Å². The highest BCUT2D eigenvalue weighted by atomic mass is 32.1. The van der Waals surface area contributed by atoms with Crippen LogP contribution in [0, 0.1) is 12.8 Å². The highest BCUT2D eigenvalue weighted by Gasteiger charge is 2.32. The number of aromatic nitrogens is 2. The van der Waals surface area contributed by atoms with Crippen LogP contribution < -0.4 is 5.56 Å². The smallest absolute Gasteiger partial charge is 0.348 e. The number of carbonyl (C=O) groups excluding carboxylic acids is 1. The number of hydrogen-bond acceptors (Lipinski definition) is 6. The molecule has 1 aliphatic carbocycles. The van der Waals surface area contributed by atoms with Crippen LogP contribution >= 0.6 is 11.3 Å². The molecule has 1 aliphatic rings. The van der Waals surface area contributed by atoms with Crippen molar-refractivity contribution in [2.45, 2.75) is 45.8 Å². The van der Waals surface area contributed by atoms with Crippen molar-refractivity contribution in [1.29, 1.82) is 0 Å². The highest BCUT2D eigenvalue weighted by Crippen LogP contribution is 2.36. The number of H-pyrrole nitrogens is 1. The molecule has 1 N–H and O–H groups in total. The highest BCUT2D eigenvalue weighted by molar-refractivity contribution is 7.20. The predicted molar refractivity (Wildman–Crippen MR) is 114 cm³/mol. The third-order valence-electron chi connectivity index (χ3n) is 5.68. The fourth-order valence-electron chi connectivity index (χ4n) is 3.78. The Kier molecular flexibility index (Phi) is 5.52. The number of nitrogens with zero attached hydrogens (tertiary/aromatic N) is 2. The Morgan fingerprint density at radius 2 is 2.03 bits per heavy atom. The molecule has 1 atom stereocenters. The lowest BCUT2D eigenvalue weighted by molar-refractivity contribution is 0.0605. The van der Waals surface area contributed by atoms with E-state index >= 15 is 0 Å². The second-order valence-electron chi connectivity index (χ2n) is 7.71. The van der Waals surface area contributed by atoms with Gasteiger partial charge in [-0.2, -0.15) is 0 Å². The average Bonchev–Trinajstić information content (AvgIpc) is 3.51. The van der Waals surface area contributed by atoms with Gasteiger partial charge in [-0.05, 0) is 43.7 Å². The van der Waals surface area contributed by atoms with Gasteiger partial charge in [-0.15, -0.1) is 11.3 Å². The topological polar surface area (TPSA) is 75.3 Å². The molecule has 1 fully saturated rings. The third kappa shape index (κ3) is 4.11. The maximum Gasteiger partial charge on any atom is 0.348 e. The van der Waals surface area contributed by atoms with Crippen molar-refractivity contribution < 1.29 is 9.53 Å². The van der Waals surface area contributed by atoms with Crippen LogP contribution in [0.5, 0.6) is 0 Å². The van der Waals surface area contributed by atoms with Gasteiger partial charge in [0, 0.05) is 12.6 Å². The Labute approximate surface area is 173 Å². The molecule has 152 valence electrons. The molecule has 4 rings (SSSR count). The molecular weight excluding hydrogens is 386 g/mol. The van der Waals surface area contributed by atoms with Crippen LogP contribution in [-0.2, 0) is 17.8 Å². The second kappa shape index (κ2) is 8.08. The van der Waals surface area contributed by atoms with Gasteiger partial charge in [0.25, 0.3) is 5.56 Å². The second-order valence-corrected chi connectivity index (χ2v) is 8.71. The van der Waals surface area contributed by atoms with Crippen molar-refractivity contribution in [2.75, 3.05) is 7.11 Å². The van der Waals surface area contributed by atoms with E-state index in [2.05, 4.69) is 28.9 Å². The molecule has 1 saturated carbocycles. The zero-order valence-electron chi connectivity index (χ0n) is 16.9. The average molecular weight is 412 g/mol. The minimum atomic E-state index is -0.431. The Bertz CT molecular complexity index is 1090. The van der Waals surface area contributed by atoms with Gasteiger partial charge in [0.2, 0.25) is 0 Å². The largest absolute Gasteiger partial charge is 0.465 e. The summed E-state index contributed by atoms with van der Waals surface area (Å²) >= 11 is 1.22. The Hall–Kier alpha value is -2.51. The van der Waals surface area contributed by atoms with E-state index in [-0.39, 0.29) is 5.56 Å². The molecule has 7 heteroatoms. The van der Waals surface area contributed by atoms with Crippen LogP contribution in [0.2, 0.25) is 0 Å². The minimum absolute atomic E-state index is 0.201. The molecule has 29 heavy (non-hydrogen) atoms. The van der Waals surface area contributed by atoms with Gasteiger partial charge in [0.15, 0.2) is 0 Å². The maximum absolute atomic E-state index is 12.7. The van der Waals surface area contributed by atoms with Gasteiger partial charge in [-0.3, -0.25) is 9.69 Å². The molecule has 0 saturated heterocycles. The molecule has 0 aliphatic heterocycles. The molecule has 0 bridgehead atoms. The molecule has 2 heterocycles. The Morgan fingerprint density at radius 1 is 1.31 bits per heavy atom. The van der Waals surface area contributed by atoms with Crippen LogP contribution in [0.3, 0.4) is 0 Å². The summed E-state index contributed by atoms with van der Waals surface area (Å²) in [5.74, 6) is 0.896. The zero-order valence-corrected chi connectivity index (χ0v) is 17.7. The number of carbonyl (C=O) groups is 1. The van der Waals surface area contributed by atoms with E-state index in [9.17, 15) is 9.59 Å². The Balaban J connectivity index is 1.66. The van der Waals surface area contributed by atoms with Crippen LogP contribution in [-0.4, -0.2) is 34.0 Å². The third-order valence-corrected chi connectivity index (χ3v) is 6.85. The van der Waals surface area contributed by atoms with E-state index < -0.39 is 5.97 Å². The number of thiophene rings is 1. The number of hydrogen-bond donors (Lipinski definition) is 1. The number of aromatic amines is 1. The van der Waals surface area contributed by atoms with Crippen molar-refractivity contribution in [3.05, 3.63) is 62.5 Å². The van der Waals surface area contributed by atoms with E-state index in [0.717, 1.165) is 6.54 Å². The number of benzene rings is 1. The molecule has 6 nitrogen and oxygen atoms in total.